The Balaban J connectivity index is 1.45. The van der Waals surface area contributed by atoms with Gasteiger partial charge in [0.25, 0.3) is 0 Å². The summed E-state index contributed by atoms with van der Waals surface area (Å²) in [4.78, 5) is 0. The highest BCUT2D eigenvalue weighted by atomic mass is 32.2. The van der Waals surface area contributed by atoms with Crippen LogP contribution in [0.4, 0.5) is 0 Å². The van der Waals surface area contributed by atoms with Crippen LogP contribution in [0.15, 0.2) is 12.4 Å². The quantitative estimate of drug-likeness (QED) is 0.922. The monoisotopic (exact) mass is 295 g/mol. The highest BCUT2D eigenvalue weighted by molar-refractivity contribution is 7.99. The van der Waals surface area contributed by atoms with Gasteiger partial charge in [0.1, 0.15) is 0 Å². The van der Waals surface area contributed by atoms with Gasteiger partial charge in [-0.25, -0.2) is 0 Å². The first kappa shape index (κ1) is 14.4. The molecule has 2 aliphatic rings. The third-order valence-corrected chi connectivity index (χ3v) is 5.49. The summed E-state index contributed by atoms with van der Waals surface area (Å²) in [6.45, 7) is 1.97. The average Bonchev–Trinajstić information content (AvgIpc) is 2.86. The van der Waals surface area contributed by atoms with E-state index in [0.717, 1.165) is 26.0 Å². The summed E-state index contributed by atoms with van der Waals surface area (Å²) in [5.41, 5.74) is 1.51. The summed E-state index contributed by atoms with van der Waals surface area (Å²) in [6.07, 6.45) is 9.95. The lowest BCUT2D eigenvalue weighted by molar-refractivity contribution is -0.0930. The molecule has 1 N–H and O–H groups in total. The fourth-order valence-corrected chi connectivity index (χ4v) is 4.55. The molecule has 3 heterocycles. The van der Waals surface area contributed by atoms with Crippen molar-refractivity contribution in [3.8, 4) is 0 Å². The maximum Gasteiger partial charge on any atom is 0.0713 e. The lowest BCUT2D eigenvalue weighted by atomic mass is 9.85. The maximum absolute atomic E-state index is 6.14. The summed E-state index contributed by atoms with van der Waals surface area (Å²) in [5.74, 6) is 2.53. The molecule has 0 bridgehead atoms. The van der Waals surface area contributed by atoms with Gasteiger partial charge in [-0.05, 0) is 55.7 Å². The summed E-state index contributed by atoms with van der Waals surface area (Å²) in [5, 5.41) is 7.94. The van der Waals surface area contributed by atoms with E-state index in [2.05, 4.69) is 28.4 Å². The number of nitrogens with zero attached hydrogens (tertiary/aromatic N) is 2. The Labute approximate surface area is 125 Å². The van der Waals surface area contributed by atoms with E-state index >= 15 is 0 Å². The summed E-state index contributed by atoms with van der Waals surface area (Å²) < 4.78 is 8.01. The molecule has 2 aliphatic heterocycles. The highest BCUT2D eigenvalue weighted by Gasteiger charge is 2.38. The van der Waals surface area contributed by atoms with Crippen LogP contribution in [0.2, 0.25) is 0 Å². The van der Waals surface area contributed by atoms with Gasteiger partial charge in [0.15, 0.2) is 0 Å². The fraction of sp³-hybridized carbons (Fsp3) is 0.800. The minimum Gasteiger partial charge on any atom is -0.375 e. The van der Waals surface area contributed by atoms with E-state index in [0.29, 0.717) is 6.04 Å². The van der Waals surface area contributed by atoms with Gasteiger partial charge in [-0.2, -0.15) is 16.9 Å². The van der Waals surface area contributed by atoms with Crippen LogP contribution in [0.3, 0.4) is 0 Å². The van der Waals surface area contributed by atoms with Crippen LogP contribution in [0.25, 0.3) is 0 Å². The Hall–Kier alpha value is -0.520. The molecule has 1 aromatic rings. The van der Waals surface area contributed by atoms with Gasteiger partial charge >= 0.3 is 0 Å². The number of hydrogen-bond acceptors (Lipinski definition) is 4. The lowest BCUT2D eigenvalue weighted by Crippen LogP contribution is -2.49. The van der Waals surface area contributed by atoms with Crippen molar-refractivity contribution >= 4 is 11.8 Å². The van der Waals surface area contributed by atoms with Gasteiger partial charge in [0.05, 0.1) is 11.8 Å². The van der Waals surface area contributed by atoms with Gasteiger partial charge in [0.2, 0.25) is 0 Å². The van der Waals surface area contributed by atoms with Crippen molar-refractivity contribution in [3.63, 3.8) is 0 Å². The summed E-state index contributed by atoms with van der Waals surface area (Å²) in [7, 11) is 1.97. The van der Waals surface area contributed by atoms with Crippen molar-refractivity contribution in [2.75, 3.05) is 24.7 Å². The number of aromatic nitrogens is 2. The number of nitrogens with one attached hydrogen (secondary N) is 1. The van der Waals surface area contributed by atoms with Crippen molar-refractivity contribution < 1.29 is 4.74 Å². The van der Waals surface area contributed by atoms with Crippen LogP contribution < -0.4 is 5.32 Å². The lowest BCUT2D eigenvalue weighted by Gasteiger charge is -2.43. The first-order chi connectivity index (χ1) is 9.76. The van der Waals surface area contributed by atoms with Gasteiger partial charge < -0.3 is 10.1 Å². The zero-order valence-electron chi connectivity index (χ0n) is 12.3. The average molecular weight is 295 g/mol. The van der Waals surface area contributed by atoms with E-state index in [1.807, 2.05) is 17.9 Å². The van der Waals surface area contributed by atoms with E-state index in [1.54, 1.807) is 0 Å². The Bertz CT molecular complexity index is 423. The SMILES string of the molecule is Cn1cc(CCNC2CCOC3(CCSCC3)C2)cn1. The molecule has 0 radical (unpaired) electrons. The largest absolute Gasteiger partial charge is 0.375 e. The second-order valence-corrected chi connectivity index (χ2v) is 7.28. The molecule has 4 nitrogen and oxygen atoms in total. The molecule has 0 amide bonds. The number of thioether (sulfide) groups is 1. The predicted octanol–water partition coefficient (Wildman–Crippen LogP) is 2.00. The molecule has 2 saturated heterocycles. The van der Waals surface area contributed by atoms with Crippen LogP contribution in [-0.4, -0.2) is 46.1 Å². The smallest absolute Gasteiger partial charge is 0.0713 e. The van der Waals surface area contributed by atoms with E-state index in [4.69, 9.17) is 4.74 Å². The van der Waals surface area contributed by atoms with Crippen LogP contribution in [0, 0.1) is 0 Å². The van der Waals surface area contributed by atoms with Gasteiger partial charge in [-0.3, -0.25) is 4.68 Å². The second-order valence-electron chi connectivity index (χ2n) is 6.06. The van der Waals surface area contributed by atoms with Gasteiger partial charge in [0, 0.05) is 25.9 Å². The zero-order chi connectivity index (χ0) is 13.8. The molecule has 3 rings (SSSR count). The molecule has 1 spiro atoms. The first-order valence-electron chi connectivity index (χ1n) is 7.68. The van der Waals surface area contributed by atoms with Crippen LogP contribution in [0.5, 0.6) is 0 Å². The molecule has 1 unspecified atom stereocenters. The first-order valence-corrected chi connectivity index (χ1v) is 8.84. The van der Waals surface area contributed by atoms with Crippen LogP contribution >= 0.6 is 11.8 Å². The third-order valence-electron chi connectivity index (χ3n) is 4.50. The Morgan fingerprint density at radius 1 is 1.50 bits per heavy atom. The van der Waals surface area contributed by atoms with Crippen molar-refractivity contribution in [2.45, 2.75) is 43.7 Å². The Morgan fingerprint density at radius 3 is 3.10 bits per heavy atom. The number of aryl methyl sites for hydroxylation is 1. The van der Waals surface area contributed by atoms with Crippen molar-refractivity contribution in [2.24, 2.45) is 7.05 Å². The fourth-order valence-electron chi connectivity index (χ4n) is 3.32. The maximum atomic E-state index is 6.14. The molecular weight excluding hydrogens is 270 g/mol. The minimum absolute atomic E-state index is 0.190. The molecule has 0 aromatic carbocycles. The molecule has 1 atom stereocenters. The molecule has 0 aliphatic carbocycles. The normalized spacial score (nSPS) is 25.9. The van der Waals surface area contributed by atoms with E-state index in [-0.39, 0.29) is 5.60 Å². The molecular formula is C15H25N3OS. The molecule has 5 heteroatoms. The summed E-state index contributed by atoms with van der Waals surface area (Å²) in [6, 6.07) is 0.628. The minimum atomic E-state index is 0.190. The molecule has 20 heavy (non-hydrogen) atoms. The van der Waals surface area contributed by atoms with Gasteiger partial charge in [-0.1, -0.05) is 0 Å². The molecule has 0 saturated carbocycles. The number of ether oxygens (including phenoxy) is 1. The Morgan fingerprint density at radius 2 is 2.35 bits per heavy atom. The second kappa shape index (κ2) is 6.50. The van der Waals surface area contributed by atoms with Crippen LogP contribution in [0.1, 0.15) is 31.2 Å². The number of hydrogen-bond donors (Lipinski definition) is 1. The van der Waals surface area contributed by atoms with Crippen molar-refractivity contribution in [1.82, 2.24) is 15.1 Å². The van der Waals surface area contributed by atoms with Crippen LogP contribution in [-0.2, 0) is 18.2 Å². The standard InChI is InChI=1S/C15H25N3OS/c1-18-12-13(11-17-18)2-6-16-14-3-7-19-15(10-14)4-8-20-9-5-15/h11-12,14,16H,2-10H2,1H3. The summed E-state index contributed by atoms with van der Waals surface area (Å²) >= 11 is 2.07. The zero-order valence-corrected chi connectivity index (χ0v) is 13.1. The van der Waals surface area contributed by atoms with Crippen molar-refractivity contribution in [3.05, 3.63) is 18.0 Å². The Kier molecular flexibility index (Phi) is 4.68. The van der Waals surface area contributed by atoms with E-state index in [9.17, 15) is 0 Å². The van der Waals surface area contributed by atoms with E-state index in [1.165, 1.54) is 36.3 Å². The molecule has 112 valence electrons. The number of rotatable bonds is 4. The highest BCUT2D eigenvalue weighted by Crippen LogP contribution is 2.37. The predicted molar refractivity (Wildman–Crippen MR) is 83.2 cm³/mol. The third kappa shape index (κ3) is 3.57. The van der Waals surface area contributed by atoms with Gasteiger partial charge in [-0.15, -0.1) is 0 Å². The van der Waals surface area contributed by atoms with E-state index < -0.39 is 0 Å². The molecule has 1 aromatic heterocycles. The van der Waals surface area contributed by atoms with Crippen molar-refractivity contribution in [1.29, 1.82) is 0 Å². The topological polar surface area (TPSA) is 39.1 Å². The molecule has 2 fully saturated rings.